The first-order valence-electron chi connectivity index (χ1n) is 2.73. The van der Waals surface area contributed by atoms with Crippen LogP contribution in [0, 0.1) is 0 Å². The normalized spacial score (nSPS) is 19.2. The zero-order valence-electron chi connectivity index (χ0n) is 5.47. The van der Waals surface area contributed by atoms with Crippen molar-refractivity contribution in [3.8, 4) is 0 Å². The second-order valence-electron chi connectivity index (χ2n) is 1.98. The number of aliphatic hydroxyl groups excluding tert-OH is 2. The van der Waals surface area contributed by atoms with Crippen LogP contribution in [0.15, 0.2) is 18.7 Å². The average Bonchev–Trinajstić information content (AvgIpc) is 2.08. The summed E-state index contributed by atoms with van der Waals surface area (Å²) in [6.07, 6.45) is 0. The molecule has 0 bridgehead atoms. The highest BCUT2D eigenvalue weighted by Gasteiger charge is 2.32. The summed E-state index contributed by atoms with van der Waals surface area (Å²) in [6.45, 7) is 0. The van der Waals surface area contributed by atoms with Crippen molar-refractivity contribution in [3.05, 3.63) is 18.7 Å². The molecule has 1 aliphatic carbocycles. The van der Waals surface area contributed by atoms with Gasteiger partial charge in [-0.2, -0.15) is 0 Å². The Bertz CT molecular complexity index is 277. The lowest BCUT2D eigenvalue weighted by Gasteiger charge is -2.09. The third kappa shape index (κ3) is 1.37. The van der Waals surface area contributed by atoms with Crippen LogP contribution in [0.3, 0.4) is 0 Å². The van der Waals surface area contributed by atoms with Crippen LogP contribution in [0.1, 0.15) is 0 Å². The number of carbonyl (C=O) groups is 2. The van der Waals surface area contributed by atoms with Crippen LogP contribution in [0.5, 0.6) is 0 Å². The number of rotatable bonds is 0. The molecule has 0 fully saturated rings. The third-order valence-electron chi connectivity index (χ3n) is 1.24. The minimum atomic E-state index is -0.711. The van der Waals surface area contributed by atoms with Crippen molar-refractivity contribution < 1.29 is 19.8 Å². The second kappa shape index (κ2) is 3.32. The van der Waals surface area contributed by atoms with Gasteiger partial charge in [0, 0.05) is 0 Å². The monoisotopic (exact) mass is 392 g/mol. The van der Waals surface area contributed by atoms with Crippen LogP contribution in [0.2, 0.25) is 0 Å². The van der Waals surface area contributed by atoms with Gasteiger partial charge in [0.1, 0.15) is 7.16 Å². The molecule has 2 N–H and O–H groups in total. The number of allylic oxidation sites excluding steroid dienone is 2. The summed E-state index contributed by atoms with van der Waals surface area (Å²) in [7, 11) is 0. The molecule has 12 heavy (non-hydrogen) atoms. The minimum Gasteiger partial charge on any atom is -0.503 e. The van der Waals surface area contributed by atoms with E-state index < -0.39 is 23.1 Å². The van der Waals surface area contributed by atoms with E-state index in [-0.39, 0.29) is 7.16 Å². The molecule has 1 rings (SSSR count). The number of Topliss-reactive ketones (excluding diaryl/α,β-unsaturated/α-hetero) is 2. The topological polar surface area (TPSA) is 74.6 Å². The lowest BCUT2D eigenvalue weighted by Crippen LogP contribution is -2.18. The smallest absolute Gasteiger partial charge is 0.238 e. The average molecular weight is 392 g/mol. The fourth-order valence-corrected chi connectivity index (χ4v) is 1.62. The van der Waals surface area contributed by atoms with Gasteiger partial charge >= 0.3 is 0 Å². The highest BCUT2D eigenvalue weighted by atomic mass is 127. The van der Waals surface area contributed by atoms with E-state index in [4.69, 9.17) is 10.2 Å². The summed E-state index contributed by atoms with van der Waals surface area (Å²) in [6, 6.07) is 0. The van der Waals surface area contributed by atoms with Crippen molar-refractivity contribution in [2.75, 3.05) is 0 Å². The molecule has 0 atom stereocenters. The van der Waals surface area contributed by atoms with Crippen LogP contribution in [-0.4, -0.2) is 21.8 Å². The van der Waals surface area contributed by atoms with E-state index in [0.717, 1.165) is 0 Å². The van der Waals surface area contributed by atoms with Gasteiger partial charge in [-0.3, -0.25) is 9.59 Å². The summed E-state index contributed by atoms with van der Waals surface area (Å²) >= 11 is 3.02. The molecule has 0 saturated heterocycles. The lowest BCUT2D eigenvalue weighted by molar-refractivity contribution is -0.118. The van der Waals surface area contributed by atoms with Gasteiger partial charge in [0.05, 0.1) is 0 Å². The number of halogens is 2. The molecule has 1 aliphatic rings. The zero-order chi connectivity index (χ0) is 9.46. The predicted octanol–water partition coefficient (Wildman–Crippen LogP) is 1.55. The van der Waals surface area contributed by atoms with E-state index in [1.807, 2.05) is 0 Å². The zero-order valence-corrected chi connectivity index (χ0v) is 9.78. The van der Waals surface area contributed by atoms with Crippen molar-refractivity contribution >= 4 is 56.7 Å². The summed E-state index contributed by atoms with van der Waals surface area (Å²) in [5.41, 5.74) is 0. The van der Waals surface area contributed by atoms with Gasteiger partial charge in [-0.25, -0.2) is 0 Å². The van der Waals surface area contributed by atoms with Crippen LogP contribution in [0.4, 0.5) is 0 Å². The second-order valence-corrected chi connectivity index (χ2v) is 4.14. The number of carbonyl (C=O) groups excluding carboxylic acids is 2. The fourth-order valence-electron chi connectivity index (χ4n) is 0.622. The molecule has 0 saturated carbocycles. The van der Waals surface area contributed by atoms with Crippen LogP contribution in [-0.2, 0) is 9.59 Å². The fraction of sp³-hybridized carbons (Fsp3) is 0. The van der Waals surface area contributed by atoms with E-state index in [2.05, 4.69) is 0 Å². The Morgan fingerprint density at radius 2 is 1.08 bits per heavy atom. The van der Waals surface area contributed by atoms with Crippen LogP contribution < -0.4 is 0 Å². The molecule has 4 nitrogen and oxygen atoms in total. The maximum Gasteiger partial charge on any atom is 0.238 e. The first kappa shape index (κ1) is 9.96. The van der Waals surface area contributed by atoms with Gasteiger partial charge in [-0.05, 0) is 45.2 Å². The van der Waals surface area contributed by atoms with Crippen molar-refractivity contribution in [1.29, 1.82) is 0 Å². The quantitative estimate of drug-likeness (QED) is 0.485. The van der Waals surface area contributed by atoms with Crippen LogP contribution >= 0.6 is 45.2 Å². The molecule has 0 spiro atoms. The highest BCUT2D eigenvalue weighted by Crippen LogP contribution is 2.29. The highest BCUT2D eigenvalue weighted by molar-refractivity contribution is 14.1. The summed E-state index contributed by atoms with van der Waals surface area (Å²) in [5.74, 6) is -2.61. The van der Waals surface area contributed by atoms with Crippen LogP contribution in [0.25, 0.3) is 0 Å². The van der Waals surface area contributed by atoms with Crippen molar-refractivity contribution in [3.63, 3.8) is 0 Å². The molecule has 0 amide bonds. The molecule has 0 aromatic rings. The molecule has 0 radical (unpaired) electrons. The first-order valence-corrected chi connectivity index (χ1v) is 4.89. The van der Waals surface area contributed by atoms with E-state index >= 15 is 0 Å². The Hall–Kier alpha value is -0.120. The van der Waals surface area contributed by atoms with E-state index in [9.17, 15) is 9.59 Å². The Kier molecular flexibility index (Phi) is 2.76. The van der Waals surface area contributed by atoms with Gasteiger partial charge in [-0.15, -0.1) is 0 Å². The lowest BCUT2D eigenvalue weighted by atomic mass is 10.1. The Morgan fingerprint density at radius 3 is 1.33 bits per heavy atom. The summed E-state index contributed by atoms with van der Waals surface area (Å²) in [4.78, 5) is 22.0. The number of hydrogen-bond acceptors (Lipinski definition) is 4. The van der Waals surface area contributed by atoms with Gasteiger partial charge in [0.15, 0.2) is 11.5 Å². The molecule has 64 valence electrons. The molecule has 6 heteroatoms. The maximum atomic E-state index is 11.0. The van der Waals surface area contributed by atoms with Crippen molar-refractivity contribution in [2.24, 2.45) is 0 Å². The maximum absolute atomic E-state index is 11.0. The molecule has 0 unspecified atom stereocenters. The Labute approximate surface area is 94.6 Å². The summed E-state index contributed by atoms with van der Waals surface area (Å²) in [5, 5.41) is 18.1. The standard InChI is InChI=1S/C6H2I2O4/c7-1-3(9)5(11)2(8)6(12)4(1)10/h9,12H. The SMILES string of the molecule is O=C1C(O)=C(I)C(=O)C(O)=C1I. The molecule has 0 aromatic carbocycles. The van der Waals surface area contributed by atoms with Gasteiger partial charge < -0.3 is 10.2 Å². The van der Waals surface area contributed by atoms with Gasteiger partial charge in [0.2, 0.25) is 11.6 Å². The first-order chi connectivity index (χ1) is 5.46. The van der Waals surface area contributed by atoms with Gasteiger partial charge in [0.25, 0.3) is 0 Å². The number of ketones is 2. The molecular weight excluding hydrogens is 390 g/mol. The molecule has 0 aromatic heterocycles. The van der Waals surface area contributed by atoms with E-state index in [0.29, 0.717) is 0 Å². The van der Waals surface area contributed by atoms with Crippen molar-refractivity contribution in [2.45, 2.75) is 0 Å². The third-order valence-corrected chi connectivity index (χ3v) is 3.25. The van der Waals surface area contributed by atoms with Gasteiger partial charge in [-0.1, -0.05) is 0 Å². The van der Waals surface area contributed by atoms with E-state index in [1.165, 1.54) is 45.2 Å². The molecular formula is C6H2I2O4. The summed E-state index contributed by atoms with van der Waals surface area (Å²) < 4.78 is -0.286. The predicted molar refractivity (Wildman–Crippen MR) is 57.4 cm³/mol. The molecule has 0 aliphatic heterocycles. The minimum absolute atomic E-state index is 0.143. The van der Waals surface area contributed by atoms with E-state index in [1.54, 1.807) is 0 Å². The Balaban J connectivity index is 3.32. The van der Waals surface area contributed by atoms with Crippen molar-refractivity contribution in [1.82, 2.24) is 0 Å². The molecule has 0 heterocycles. The Morgan fingerprint density at radius 1 is 0.833 bits per heavy atom. The largest absolute Gasteiger partial charge is 0.503 e. The number of aliphatic hydroxyl groups is 2. The number of hydrogen-bond donors (Lipinski definition) is 2.